The molecule has 0 bridgehead atoms. The second-order valence-electron chi connectivity index (χ2n) is 6.16. The van der Waals surface area contributed by atoms with Crippen LogP contribution in [0.4, 0.5) is 0 Å². The summed E-state index contributed by atoms with van der Waals surface area (Å²) in [5.74, 6) is 0.312. The third-order valence-corrected chi connectivity index (χ3v) is 3.84. The van der Waals surface area contributed by atoms with Crippen molar-refractivity contribution in [3.05, 3.63) is 65.2 Å². The lowest BCUT2D eigenvalue weighted by atomic mass is 10.1. The van der Waals surface area contributed by atoms with Crippen molar-refractivity contribution >= 4 is 11.8 Å². The van der Waals surface area contributed by atoms with Crippen molar-refractivity contribution in [2.45, 2.75) is 26.7 Å². The Labute approximate surface area is 154 Å². The summed E-state index contributed by atoms with van der Waals surface area (Å²) in [6.07, 6.45) is 2.14. The highest BCUT2D eigenvalue weighted by atomic mass is 16.5. The van der Waals surface area contributed by atoms with Gasteiger partial charge in [0.25, 0.3) is 11.8 Å². The number of aryl methyl sites for hydroxylation is 2. The topological polar surface area (TPSA) is 67.4 Å². The van der Waals surface area contributed by atoms with E-state index in [4.69, 9.17) is 4.74 Å². The molecular formula is C21H26N2O3. The van der Waals surface area contributed by atoms with Gasteiger partial charge in [-0.1, -0.05) is 43.2 Å². The van der Waals surface area contributed by atoms with Crippen molar-refractivity contribution < 1.29 is 14.3 Å². The molecule has 2 N–H and O–H groups in total. The predicted octanol–water partition coefficient (Wildman–Crippen LogP) is 2.87. The molecule has 0 unspecified atom stereocenters. The summed E-state index contributed by atoms with van der Waals surface area (Å²) in [4.78, 5) is 23.8. The smallest absolute Gasteiger partial charge is 0.258 e. The number of benzene rings is 2. The molecule has 5 heteroatoms. The minimum absolute atomic E-state index is 0.0427. The largest absolute Gasteiger partial charge is 0.484 e. The molecule has 138 valence electrons. The number of ether oxygens (including phenoxy) is 1. The Kier molecular flexibility index (Phi) is 7.68. The Morgan fingerprint density at radius 3 is 2.42 bits per heavy atom. The fourth-order valence-corrected chi connectivity index (χ4v) is 2.51. The van der Waals surface area contributed by atoms with Crippen molar-refractivity contribution in [3.8, 4) is 5.75 Å². The van der Waals surface area contributed by atoms with E-state index in [2.05, 4.69) is 17.6 Å². The average Bonchev–Trinajstić information content (AvgIpc) is 2.65. The van der Waals surface area contributed by atoms with Crippen LogP contribution in [0.5, 0.6) is 5.75 Å². The van der Waals surface area contributed by atoms with Crippen LogP contribution in [0, 0.1) is 6.92 Å². The van der Waals surface area contributed by atoms with E-state index in [-0.39, 0.29) is 18.4 Å². The van der Waals surface area contributed by atoms with Gasteiger partial charge < -0.3 is 15.4 Å². The van der Waals surface area contributed by atoms with Gasteiger partial charge in [0, 0.05) is 18.7 Å². The molecule has 0 aliphatic carbocycles. The standard InChI is InChI=1S/C21H26N2O3/c1-3-5-17-8-10-19(11-9-17)26-15-20(24)22-12-13-23-21(25)18-7-4-6-16(2)14-18/h4,6-11,14H,3,5,12-13,15H2,1-2H3,(H,22,24)(H,23,25). The molecule has 0 heterocycles. The molecule has 2 amide bonds. The highest BCUT2D eigenvalue weighted by Crippen LogP contribution is 2.13. The molecule has 0 saturated heterocycles. The quantitative estimate of drug-likeness (QED) is 0.681. The average molecular weight is 354 g/mol. The van der Waals surface area contributed by atoms with Crippen LogP contribution in [-0.4, -0.2) is 31.5 Å². The number of carbonyl (C=O) groups is 2. The first-order valence-electron chi connectivity index (χ1n) is 8.92. The van der Waals surface area contributed by atoms with E-state index >= 15 is 0 Å². The van der Waals surface area contributed by atoms with E-state index in [1.165, 1.54) is 5.56 Å². The van der Waals surface area contributed by atoms with Gasteiger partial charge in [-0.25, -0.2) is 0 Å². The van der Waals surface area contributed by atoms with Crippen molar-refractivity contribution in [2.75, 3.05) is 19.7 Å². The van der Waals surface area contributed by atoms with E-state index in [1.54, 1.807) is 6.07 Å². The summed E-state index contributed by atoms with van der Waals surface area (Å²) >= 11 is 0. The number of rotatable bonds is 9. The van der Waals surface area contributed by atoms with E-state index in [1.807, 2.05) is 49.4 Å². The van der Waals surface area contributed by atoms with Gasteiger partial charge in [0.05, 0.1) is 0 Å². The van der Waals surface area contributed by atoms with E-state index in [0.717, 1.165) is 18.4 Å². The zero-order valence-corrected chi connectivity index (χ0v) is 15.4. The minimum atomic E-state index is -0.215. The predicted molar refractivity (Wildman–Crippen MR) is 102 cm³/mol. The maximum atomic E-state index is 12.0. The molecule has 26 heavy (non-hydrogen) atoms. The Hall–Kier alpha value is -2.82. The number of nitrogens with one attached hydrogen (secondary N) is 2. The van der Waals surface area contributed by atoms with Gasteiger partial charge in [-0.2, -0.15) is 0 Å². The van der Waals surface area contributed by atoms with Crippen LogP contribution in [0.1, 0.15) is 34.8 Å². The monoisotopic (exact) mass is 354 g/mol. The summed E-state index contributed by atoms with van der Waals surface area (Å²) < 4.78 is 5.46. The number of carbonyl (C=O) groups excluding carboxylic acids is 2. The number of hydrogen-bond acceptors (Lipinski definition) is 3. The summed E-state index contributed by atoms with van der Waals surface area (Å²) in [7, 11) is 0. The fourth-order valence-electron chi connectivity index (χ4n) is 2.51. The maximum Gasteiger partial charge on any atom is 0.258 e. The van der Waals surface area contributed by atoms with Crippen molar-refractivity contribution in [3.63, 3.8) is 0 Å². The lowest BCUT2D eigenvalue weighted by Crippen LogP contribution is -2.36. The first-order chi connectivity index (χ1) is 12.6. The molecule has 5 nitrogen and oxygen atoms in total. The second kappa shape index (κ2) is 10.2. The summed E-state index contributed by atoms with van der Waals surface area (Å²) in [6.45, 7) is 4.75. The fraction of sp³-hybridized carbons (Fsp3) is 0.333. The van der Waals surface area contributed by atoms with E-state index in [9.17, 15) is 9.59 Å². The van der Waals surface area contributed by atoms with Gasteiger partial charge in [0.15, 0.2) is 6.61 Å². The third-order valence-electron chi connectivity index (χ3n) is 3.84. The van der Waals surface area contributed by atoms with Gasteiger partial charge >= 0.3 is 0 Å². The van der Waals surface area contributed by atoms with Crippen molar-refractivity contribution in [2.24, 2.45) is 0 Å². The van der Waals surface area contributed by atoms with Gasteiger partial charge in [-0.05, 0) is 43.2 Å². The van der Waals surface area contributed by atoms with Crippen molar-refractivity contribution in [1.29, 1.82) is 0 Å². The highest BCUT2D eigenvalue weighted by Gasteiger charge is 2.06. The normalized spacial score (nSPS) is 10.2. The van der Waals surface area contributed by atoms with Crippen molar-refractivity contribution in [1.82, 2.24) is 10.6 Å². The zero-order valence-electron chi connectivity index (χ0n) is 15.4. The first-order valence-corrected chi connectivity index (χ1v) is 8.92. The van der Waals surface area contributed by atoms with E-state index in [0.29, 0.717) is 24.4 Å². The lowest BCUT2D eigenvalue weighted by molar-refractivity contribution is -0.123. The SMILES string of the molecule is CCCc1ccc(OCC(=O)NCCNC(=O)c2cccc(C)c2)cc1. The Morgan fingerprint density at radius 1 is 1.00 bits per heavy atom. The highest BCUT2D eigenvalue weighted by molar-refractivity contribution is 5.94. The summed E-state index contributed by atoms with van der Waals surface area (Å²) in [5.41, 5.74) is 2.91. The van der Waals surface area contributed by atoms with Crippen LogP contribution >= 0.6 is 0 Å². The van der Waals surface area contributed by atoms with Crippen LogP contribution in [0.25, 0.3) is 0 Å². The Balaban J connectivity index is 1.63. The van der Waals surface area contributed by atoms with Crippen LogP contribution in [0.15, 0.2) is 48.5 Å². The Bertz CT molecular complexity index is 726. The lowest BCUT2D eigenvalue weighted by Gasteiger charge is -2.09. The van der Waals surface area contributed by atoms with Crippen LogP contribution in [-0.2, 0) is 11.2 Å². The molecule has 0 aromatic heterocycles. The van der Waals surface area contributed by atoms with Crippen LogP contribution in [0.3, 0.4) is 0 Å². The molecule has 0 fully saturated rings. The minimum Gasteiger partial charge on any atom is -0.484 e. The van der Waals surface area contributed by atoms with Gasteiger partial charge in [0.2, 0.25) is 0 Å². The molecule has 2 aromatic rings. The second-order valence-corrected chi connectivity index (χ2v) is 6.16. The molecule has 2 rings (SSSR count). The summed E-state index contributed by atoms with van der Waals surface area (Å²) in [6, 6.07) is 15.1. The molecule has 0 atom stereocenters. The molecule has 0 aliphatic heterocycles. The number of amides is 2. The molecule has 0 saturated carbocycles. The van der Waals surface area contributed by atoms with E-state index < -0.39 is 0 Å². The third kappa shape index (κ3) is 6.59. The van der Waals surface area contributed by atoms with Gasteiger partial charge in [-0.3, -0.25) is 9.59 Å². The molecule has 2 aromatic carbocycles. The van der Waals surface area contributed by atoms with Gasteiger partial charge in [0.1, 0.15) is 5.75 Å². The Morgan fingerprint density at radius 2 is 1.73 bits per heavy atom. The van der Waals surface area contributed by atoms with Crippen LogP contribution in [0.2, 0.25) is 0 Å². The maximum absolute atomic E-state index is 12.0. The summed E-state index contributed by atoms with van der Waals surface area (Å²) in [5, 5.41) is 5.50. The molecular weight excluding hydrogens is 328 g/mol. The first kappa shape index (κ1) is 19.5. The molecule has 0 spiro atoms. The van der Waals surface area contributed by atoms with Gasteiger partial charge in [-0.15, -0.1) is 0 Å². The molecule has 0 aliphatic rings. The van der Waals surface area contributed by atoms with Crippen LogP contribution < -0.4 is 15.4 Å². The number of hydrogen-bond donors (Lipinski definition) is 2. The molecule has 0 radical (unpaired) electrons. The zero-order chi connectivity index (χ0) is 18.8.